The second-order valence-electron chi connectivity index (χ2n) is 8.15. The summed E-state index contributed by atoms with van der Waals surface area (Å²) in [5, 5.41) is 0. The molecule has 1 unspecified atom stereocenters. The predicted molar refractivity (Wildman–Crippen MR) is 95.1 cm³/mol. The zero-order valence-corrected chi connectivity index (χ0v) is 14.8. The van der Waals surface area contributed by atoms with E-state index in [1.54, 1.807) is 7.11 Å². The summed E-state index contributed by atoms with van der Waals surface area (Å²) in [7, 11) is 1.69. The Morgan fingerprint density at radius 2 is 1.83 bits per heavy atom. The van der Waals surface area contributed by atoms with Gasteiger partial charge in [-0.25, -0.2) is 0 Å². The number of amides is 1. The van der Waals surface area contributed by atoms with E-state index in [0.29, 0.717) is 23.3 Å². The Bertz CT molecular complexity index is 580. The minimum atomic E-state index is 0.301. The highest BCUT2D eigenvalue weighted by atomic mass is 16.5. The summed E-state index contributed by atoms with van der Waals surface area (Å²) in [6.07, 6.45) is 11.2. The first-order valence-corrected chi connectivity index (χ1v) is 9.63. The highest BCUT2D eigenvalue weighted by Gasteiger charge is 2.43. The molecule has 1 amide bonds. The van der Waals surface area contributed by atoms with Crippen LogP contribution in [0.25, 0.3) is 0 Å². The number of rotatable bonds is 4. The van der Waals surface area contributed by atoms with Gasteiger partial charge in [-0.2, -0.15) is 0 Å². The van der Waals surface area contributed by atoms with E-state index in [2.05, 4.69) is 17.0 Å². The van der Waals surface area contributed by atoms with Crippen molar-refractivity contribution in [3.8, 4) is 5.75 Å². The first-order chi connectivity index (χ1) is 11.7. The molecule has 1 spiro atoms. The fourth-order valence-corrected chi connectivity index (χ4v) is 4.87. The highest BCUT2D eigenvalue weighted by Crippen LogP contribution is 2.53. The van der Waals surface area contributed by atoms with Crippen LogP contribution in [-0.4, -0.2) is 30.5 Å². The van der Waals surface area contributed by atoms with Crippen molar-refractivity contribution in [1.82, 2.24) is 4.90 Å². The van der Waals surface area contributed by atoms with Crippen molar-refractivity contribution < 1.29 is 9.53 Å². The zero-order chi connectivity index (χ0) is 16.6. The molecule has 4 rings (SSSR count). The van der Waals surface area contributed by atoms with Crippen LogP contribution in [0, 0.1) is 11.3 Å². The van der Waals surface area contributed by atoms with E-state index in [9.17, 15) is 4.79 Å². The summed E-state index contributed by atoms with van der Waals surface area (Å²) in [6.45, 7) is 0.960. The Labute approximate surface area is 145 Å². The number of hydrogen-bond acceptors (Lipinski definition) is 2. The van der Waals surface area contributed by atoms with Crippen LogP contribution in [0.15, 0.2) is 24.3 Å². The molecule has 1 saturated heterocycles. The molecule has 0 radical (unpaired) electrons. The van der Waals surface area contributed by atoms with Crippen LogP contribution in [0.4, 0.5) is 0 Å². The van der Waals surface area contributed by atoms with E-state index in [1.807, 2.05) is 12.1 Å². The van der Waals surface area contributed by atoms with Gasteiger partial charge in [-0.3, -0.25) is 4.79 Å². The van der Waals surface area contributed by atoms with E-state index in [1.165, 1.54) is 37.7 Å². The summed E-state index contributed by atoms with van der Waals surface area (Å²) in [6, 6.07) is 8.69. The van der Waals surface area contributed by atoms with Crippen LogP contribution in [-0.2, 0) is 11.2 Å². The number of likely N-dealkylation sites (tertiary alicyclic amines) is 1. The van der Waals surface area contributed by atoms with Gasteiger partial charge in [0, 0.05) is 18.5 Å². The van der Waals surface area contributed by atoms with E-state index in [-0.39, 0.29) is 0 Å². The number of methoxy groups -OCH3 is 1. The van der Waals surface area contributed by atoms with Crippen molar-refractivity contribution in [1.29, 1.82) is 0 Å². The lowest BCUT2D eigenvalue weighted by Crippen LogP contribution is -2.54. The van der Waals surface area contributed by atoms with Crippen LogP contribution < -0.4 is 4.74 Å². The maximum atomic E-state index is 12.9. The molecule has 3 fully saturated rings. The van der Waals surface area contributed by atoms with Gasteiger partial charge in [0.05, 0.1) is 7.11 Å². The van der Waals surface area contributed by atoms with E-state index in [4.69, 9.17) is 4.74 Å². The molecular formula is C21H29NO2. The average Bonchev–Trinajstić information content (AvgIpc) is 2.58. The average molecular weight is 327 g/mol. The number of benzene rings is 1. The molecule has 1 aromatic rings. The van der Waals surface area contributed by atoms with Crippen molar-refractivity contribution in [2.24, 2.45) is 11.3 Å². The molecule has 130 valence electrons. The first-order valence-electron chi connectivity index (χ1n) is 9.63. The fourth-order valence-electron chi connectivity index (χ4n) is 4.87. The van der Waals surface area contributed by atoms with Gasteiger partial charge in [0.1, 0.15) is 5.75 Å². The maximum absolute atomic E-state index is 12.9. The minimum Gasteiger partial charge on any atom is -0.497 e. The Balaban J connectivity index is 1.31. The third-order valence-corrected chi connectivity index (χ3v) is 6.87. The molecule has 2 saturated carbocycles. The number of ether oxygens (including phenoxy) is 1. The van der Waals surface area contributed by atoms with Gasteiger partial charge in [-0.05, 0) is 74.5 Å². The number of carbonyl (C=O) groups is 1. The third kappa shape index (κ3) is 2.94. The largest absolute Gasteiger partial charge is 0.497 e. The van der Waals surface area contributed by atoms with Gasteiger partial charge in [0.2, 0.25) is 5.91 Å². The Morgan fingerprint density at radius 3 is 2.33 bits per heavy atom. The number of nitrogens with zero attached hydrogens (tertiary/aromatic N) is 1. The Hall–Kier alpha value is -1.51. The second-order valence-corrected chi connectivity index (χ2v) is 8.15. The maximum Gasteiger partial charge on any atom is 0.225 e. The highest BCUT2D eigenvalue weighted by molar-refractivity contribution is 5.80. The van der Waals surface area contributed by atoms with Gasteiger partial charge < -0.3 is 9.64 Å². The van der Waals surface area contributed by atoms with Crippen LogP contribution in [0.5, 0.6) is 5.75 Å². The van der Waals surface area contributed by atoms with Gasteiger partial charge >= 0.3 is 0 Å². The standard InChI is InChI=1S/C21H29NO2/c1-24-19-5-3-16(4-6-19)15-18-9-14-22(18)20(23)17-7-12-21(13-8-17)10-2-11-21/h3-6,17-18H,2,7-15H2,1H3. The third-order valence-electron chi connectivity index (χ3n) is 6.87. The molecule has 1 aliphatic heterocycles. The summed E-state index contributed by atoms with van der Waals surface area (Å²) in [5.41, 5.74) is 1.95. The van der Waals surface area contributed by atoms with Gasteiger partial charge in [0.25, 0.3) is 0 Å². The fraction of sp³-hybridized carbons (Fsp3) is 0.667. The molecule has 1 aromatic carbocycles. The van der Waals surface area contributed by atoms with Crippen molar-refractivity contribution in [3.05, 3.63) is 29.8 Å². The Kier molecular flexibility index (Phi) is 4.28. The van der Waals surface area contributed by atoms with Gasteiger partial charge in [0.15, 0.2) is 0 Å². The molecule has 1 atom stereocenters. The van der Waals surface area contributed by atoms with Crippen molar-refractivity contribution >= 4 is 5.91 Å². The molecule has 0 N–H and O–H groups in total. The molecule has 0 aromatic heterocycles. The van der Waals surface area contributed by atoms with Crippen LogP contribution in [0.3, 0.4) is 0 Å². The minimum absolute atomic E-state index is 0.301. The Morgan fingerprint density at radius 1 is 1.12 bits per heavy atom. The molecule has 24 heavy (non-hydrogen) atoms. The first kappa shape index (κ1) is 16.0. The van der Waals surface area contributed by atoms with Crippen molar-refractivity contribution in [2.75, 3.05) is 13.7 Å². The van der Waals surface area contributed by atoms with Crippen molar-refractivity contribution in [2.45, 2.75) is 63.8 Å². The second kappa shape index (κ2) is 6.42. The monoisotopic (exact) mass is 327 g/mol. The SMILES string of the molecule is COc1ccc(CC2CCN2C(=O)C2CCC3(CCC3)CC2)cc1. The molecule has 3 aliphatic rings. The summed E-state index contributed by atoms with van der Waals surface area (Å²) in [5.74, 6) is 1.64. The molecule has 2 aliphatic carbocycles. The van der Waals surface area contributed by atoms with Crippen LogP contribution in [0.2, 0.25) is 0 Å². The number of carbonyl (C=O) groups excluding carboxylic acids is 1. The molecule has 3 heteroatoms. The van der Waals surface area contributed by atoms with E-state index >= 15 is 0 Å². The summed E-state index contributed by atoms with van der Waals surface area (Å²) >= 11 is 0. The quantitative estimate of drug-likeness (QED) is 0.829. The lowest BCUT2D eigenvalue weighted by atomic mass is 9.59. The van der Waals surface area contributed by atoms with Gasteiger partial charge in [-0.15, -0.1) is 0 Å². The van der Waals surface area contributed by atoms with E-state index in [0.717, 1.165) is 38.0 Å². The lowest BCUT2D eigenvalue weighted by Gasteiger charge is -2.49. The predicted octanol–water partition coefficient (Wildman–Crippen LogP) is 4.20. The van der Waals surface area contributed by atoms with Crippen molar-refractivity contribution in [3.63, 3.8) is 0 Å². The molecule has 3 nitrogen and oxygen atoms in total. The summed E-state index contributed by atoms with van der Waals surface area (Å²) < 4.78 is 5.22. The van der Waals surface area contributed by atoms with E-state index < -0.39 is 0 Å². The molecular weight excluding hydrogens is 298 g/mol. The van der Waals surface area contributed by atoms with Crippen LogP contribution >= 0.6 is 0 Å². The topological polar surface area (TPSA) is 29.5 Å². The summed E-state index contributed by atoms with van der Waals surface area (Å²) in [4.78, 5) is 15.1. The van der Waals surface area contributed by atoms with Crippen LogP contribution in [0.1, 0.15) is 56.9 Å². The van der Waals surface area contributed by atoms with Gasteiger partial charge in [-0.1, -0.05) is 18.6 Å². The lowest BCUT2D eigenvalue weighted by molar-refractivity contribution is -0.145. The number of hydrogen-bond donors (Lipinski definition) is 0. The molecule has 0 bridgehead atoms. The normalized spacial score (nSPS) is 25.9. The smallest absolute Gasteiger partial charge is 0.225 e. The zero-order valence-electron chi connectivity index (χ0n) is 14.8. The molecule has 1 heterocycles.